The first-order chi connectivity index (χ1) is 8.20. The Hall–Kier alpha value is -0.0231. The van der Waals surface area contributed by atoms with Crippen LogP contribution in [0.2, 0.25) is 0 Å². The molecule has 2 N–H and O–H groups in total. The number of hydrogen-bond acceptors (Lipinski definition) is 6. The molecule has 0 aromatic carbocycles. The van der Waals surface area contributed by atoms with Gasteiger partial charge in [0.1, 0.15) is 16.6 Å². The van der Waals surface area contributed by atoms with Gasteiger partial charge in [0.25, 0.3) is 0 Å². The van der Waals surface area contributed by atoms with E-state index < -0.39 is 5.97 Å². The van der Waals surface area contributed by atoms with E-state index in [4.69, 9.17) is 29.1 Å². The maximum Gasteiger partial charge on any atom is 0.310 e. The fourth-order valence-corrected chi connectivity index (χ4v) is 1.75. The smallest absolute Gasteiger partial charge is 0.310 e. The van der Waals surface area contributed by atoms with Crippen molar-refractivity contribution < 1.29 is 23.4 Å². The van der Waals surface area contributed by atoms with Gasteiger partial charge in [0, 0.05) is 21.3 Å². The third-order valence-corrected chi connectivity index (χ3v) is 2.93. The van der Waals surface area contributed by atoms with Gasteiger partial charge in [-0.05, 0) is 19.4 Å². The summed E-state index contributed by atoms with van der Waals surface area (Å²) in [5.41, 5.74) is 5.50. The minimum atomic E-state index is -1.18. The highest BCUT2D eigenvalue weighted by Crippen LogP contribution is 2.24. The van der Waals surface area contributed by atoms with Crippen LogP contribution in [0.5, 0.6) is 0 Å². The van der Waals surface area contributed by atoms with Gasteiger partial charge in [-0.15, -0.1) is 0 Å². The summed E-state index contributed by atoms with van der Waals surface area (Å²) in [7, 11) is 5.27. The van der Waals surface area contributed by atoms with Gasteiger partial charge in [-0.3, -0.25) is 0 Å². The Kier molecular flexibility index (Phi) is 9.94. The molecule has 104 valence electrons. The molecule has 7 heteroatoms. The third-order valence-electron chi connectivity index (χ3n) is 2.52. The topological polar surface area (TPSA) is 72.2 Å². The van der Waals surface area contributed by atoms with E-state index in [9.17, 15) is 0 Å². The maximum atomic E-state index is 5.69. The Balaban J connectivity index is 4.48. The Morgan fingerprint density at radius 3 is 2.12 bits per heavy atom. The number of hydrogen-bond donors (Lipinski definition) is 1. The van der Waals surface area contributed by atoms with E-state index in [0.29, 0.717) is 36.7 Å². The van der Waals surface area contributed by atoms with Crippen LogP contribution in [0.15, 0.2) is 0 Å². The van der Waals surface area contributed by atoms with Crippen LogP contribution in [-0.4, -0.2) is 63.7 Å². The first-order valence-corrected chi connectivity index (χ1v) is 6.48. The Labute approximate surface area is 106 Å². The Bertz CT molecular complexity index is 172. The normalized spacial score (nSPS) is 14.1. The summed E-state index contributed by atoms with van der Waals surface area (Å²) in [6.45, 7) is 1.64. The van der Waals surface area contributed by atoms with Crippen molar-refractivity contribution in [1.82, 2.24) is 0 Å². The van der Waals surface area contributed by atoms with E-state index in [2.05, 4.69) is 0 Å². The van der Waals surface area contributed by atoms with E-state index in [1.54, 1.807) is 0 Å². The summed E-state index contributed by atoms with van der Waals surface area (Å²) < 4.78 is 26.6. The van der Waals surface area contributed by atoms with Gasteiger partial charge in [0.2, 0.25) is 0 Å². The molecule has 0 spiro atoms. The van der Waals surface area contributed by atoms with Gasteiger partial charge in [-0.2, -0.15) is 0 Å². The molecule has 0 aliphatic carbocycles. The average molecular weight is 267 g/mol. The standard InChI is InChI=1S/C10H25NO5Si/c1-12-10(13-2,14-3)9(5-4-6-11)15-7-8-16-17/h9H,4-8,11H2,1-3,17H3. The highest BCUT2D eigenvalue weighted by molar-refractivity contribution is 5.97. The molecule has 1 unspecified atom stereocenters. The summed E-state index contributed by atoms with van der Waals surface area (Å²) >= 11 is 0. The van der Waals surface area contributed by atoms with Crippen LogP contribution in [0.3, 0.4) is 0 Å². The molecule has 1 atom stereocenters. The number of nitrogens with two attached hydrogens (primary N) is 1. The van der Waals surface area contributed by atoms with Gasteiger partial charge >= 0.3 is 5.97 Å². The molecule has 0 amide bonds. The van der Waals surface area contributed by atoms with Crippen molar-refractivity contribution in [1.29, 1.82) is 0 Å². The fraction of sp³-hybridized carbons (Fsp3) is 1.00. The van der Waals surface area contributed by atoms with Crippen molar-refractivity contribution in [2.24, 2.45) is 5.73 Å². The van der Waals surface area contributed by atoms with Crippen LogP contribution >= 0.6 is 0 Å². The summed E-state index contributed by atoms with van der Waals surface area (Å²) in [6, 6.07) is 0. The third kappa shape index (κ3) is 5.43. The second kappa shape index (κ2) is 9.95. The molecular weight excluding hydrogens is 242 g/mol. The quantitative estimate of drug-likeness (QED) is 0.294. The first-order valence-electron chi connectivity index (χ1n) is 5.66. The van der Waals surface area contributed by atoms with E-state index in [0.717, 1.165) is 6.42 Å². The largest absolute Gasteiger partial charge is 0.426 e. The number of ether oxygens (including phenoxy) is 4. The molecule has 0 aromatic rings. The molecule has 0 saturated carbocycles. The summed E-state index contributed by atoms with van der Waals surface area (Å²) in [5, 5.41) is 0. The van der Waals surface area contributed by atoms with Crippen molar-refractivity contribution in [3.8, 4) is 0 Å². The summed E-state index contributed by atoms with van der Waals surface area (Å²) in [6.07, 6.45) is 1.18. The van der Waals surface area contributed by atoms with Gasteiger partial charge < -0.3 is 29.1 Å². The zero-order valence-electron chi connectivity index (χ0n) is 11.2. The van der Waals surface area contributed by atoms with E-state index in [-0.39, 0.29) is 6.10 Å². The first kappa shape index (κ1) is 17.0. The van der Waals surface area contributed by atoms with Gasteiger partial charge in [-0.1, -0.05) is 0 Å². The molecule has 17 heavy (non-hydrogen) atoms. The second-order valence-electron chi connectivity index (χ2n) is 3.50. The highest BCUT2D eigenvalue weighted by atomic mass is 28.2. The maximum absolute atomic E-state index is 5.69. The predicted molar refractivity (Wildman–Crippen MR) is 67.7 cm³/mol. The molecular formula is C10H25NO5Si. The van der Waals surface area contributed by atoms with Crippen LogP contribution in [0.4, 0.5) is 0 Å². The molecule has 0 saturated heterocycles. The van der Waals surface area contributed by atoms with Crippen LogP contribution < -0.4 is 5.73 Å². The van der Waals surface area contributed by atoms with Crippen molar-refractivity contribution in [3.63, 3.8) is 0 Å². The van der Waals surface area contributed by atoms with Crippen LogP contribution in [-0.2, 0) is 23.4 Å². The molecule has 6 nitrogen and oxygen atoms in total. The molecule has 0 bridgehead atoms. The Morgan fingerprint density at radius 2 is 1.71 bits per heavy atom. The van der Waals surface area contributed by atoms with Gasteiger partial charge in [-0.25, -0.2) is 0 Å². The molecule has 0 rings (SSSR count). The van der Waals surface area contributed by atoms with E-state index in [1.807, 2.05) is 0 Å². The highest BCUT2D eigenvalue weighted by Gasteiger charge is 2.40. The summed E-state index contributed by atoms with van der Waals surface area (Å²) in [4.78, 5) is 0. The molecule has 0 radical (unpaired) electrons. The minimum Gasteiger partial charge on any atom is -0.426 e. The minimum absolute atomic E-state index is 0.331. The lowest BCUT2D eigenvalue weighted by molar-refractivity contribution is -0.394. The predicted octanol–water partition coefficient (Wildman–Crippen LogP) is -0.999. The fourth-order valence-electron chi connectivity index (χ4n) is 1.58. The van der Waals surface area contributed by atoms with Gasteiger partial charge in [0.05, 0.1) is 13.2 Å². The molecule has 0 aromatic heterocycles. The SMILES string of the molecule is COC(OC)(OC)C(CCCN)OCCO[SiH3]. The number of rotatable bonds is 11. The lowest BCUT2D eigenvalue weighted by atomic mass is 10.1. The van der Waals surface area contributed by atoms with Crippen molar-refractivity contribution >= 4 is 10.5 Å². The summed E-state index contributed by atoms with van der Waals surface area (Å²) in [5.74, 6) is -1.18. The zero-order valence-corrected chi connectivity index (χ0v) is 13.2. The van der Waals surface area contributed by atoms with Crippen molar-refractivity contribution in [2.45, 2.75) is 24.9 Å². The van der Waals surface area contributed by atoms with Crippen LogP contribution in [0, 0.1) is 0 Å². The Morgan fingerprint density at radius 1 is 1.12 bits per heavy atom. The van der Waals surface area contributed by atoms with Crippen molar-refractivity contribution in [2.75, 3.05) is 41.1 Å². The zero-order chi connectivity index (χ0) is 13.1. The van der Waals surface area contributed by atoms with Crippen molar-refractivity contribution in [3.05, 3.63) is 0 Å². The van der Waals surface area contributed by atoms with Crippen LogP contribution in [0.1, 0.15) is 12.8 Å². The molecule has 0 fully saturated rings. The van der Waals surface area contributed by atoms with E-state index >= 15 is 0 Å². The monoisotopic (exact) mass is 267 g/mol. The lowest BCUT2D eigenvalue weighted by Gasteiger charge is -2.36. The molecule has 0 aliphatic rings. The molecule has 0 heterocycles. The van der Waals surface area contributed by atoms with E-state index in [1.165, 1.54) is 21.3 Å². The molecule has 0 aliphatic heterocycles. The lowest BCUT2D eigenvalue weighted by Crippen LogP contribution is -2.49. The average Bonchev–Trinajstić information content (AvgIpc) is 2.37. The van der Waals surface area contributed by atoms with Crippen LogP contribution in [0.25, 0.3) is 0 Å². The van der Waals surface area contributed by atoms with Gasteiger partial charge in [0.15, 0.2) is 0 Å². The number of methoxy groups -OCH3 is 3. The second-order valence-corrected chi connectivity index (χ2v) is 4.08.